The molecule has 10 heteroatoms. The quantitative estimate of drug-likeness (QED) is 0.347. The van der Waals surface area contributed by atoms with Gasteiger partial charge in [0, 0.05) is 29.1 Å². The van der Waals surface area contributed by atoms with E-state index in [1.807, 2.05) is 20.8 Å². The Kier molecular flexibility index (Phi) is 9.02. The average molecular weight is 544 g/mol. The normalized spacial score (nSPS) is 25.1. The van der Waals surface area contributed by atoms with Gasteiger partial charge in [0.2, 0.25) is 5.91 Å². The number of carbonyl (C=O) groups is 1. The van der Waals surface area contributed by atoms with Crippen molar-refractivity contribution in [1.82, 2.24) is 10.6 Å². The van der Waals surface area contributed by atoms with Crippen LogP contribution in [0.4, 0.5) is 8.78 Å². The van der Waals surface area contributed by atoms with Gasteiger partial charge in [0.25, 0.3) is 0 Å². The average Bonchev–Trinajstić information content (AvgIpc) is 3.06. The molecule has 6 nitrogen and oxygen atoms in total. The molecule has 1 heterocycles. The molecule has 5 unspecified atom stereocenters. The standard InChI is InChI=1S/C26H33Cl2F2N3O3/c1-25(2,3)12-21-26(31,17-6-5-15(27)11-20(17)30)22(14-4-7-19(29)18(28)10-14)23(33-21)24(36)32-9-8-16(35)13-34/h4-7,10-11,16,21-23,33-35H,8-9,12-13,31H2,1-3H3,(H,32,36). The predicted octanol–water partition coefficient (Wildman–Crippen LogP) is 3.85. The number of halogens is 4. The van der Waals surface area contributed by atoms with Crippen LogP contribution in [0.5, 0.6) is 0 Å². The first-order valence-electron chi connectivity index (χ1n) is 11.8. The first-order chi connectivity index (χ1) is 16.8. The number of benzene rings is 2. The van der Waals surface area contributed by atoms with Gasteiger partial charge in [-0.1, -0.05) is 56.1 Å². The highest BCUT2D eigenvalue weighted by molar-refractivity contribution is 6.31. The Hall–Kier alpha value is -1.81. The lowest BCUT2D eigenvalue weighted by Gasteiger charge is -2.39. The third-order valence-electron chi connectivity index (χ3n) is 6.59. The van der Waals surface area contributed by atoms with Crippen LogP contribution in [0, 0.1) is 17.0 Å². The minimum absolute atomic E-state index is 0.104. The highest BCUT2D eigenvalue weighted by atomic mass is 35.5. The molecule has 1 amide bonds. The highest BCUT2D eigenvalue weighted by Gasteiger charge is 2.57. The van der Waals surface area contributed by atoms with E-state index in [4.69, 9.17) is 34.0 Å². The molecule has 5 atom stereocenters. The zero-order valence-electron chi connectivity index (χ0n) is 20.5. The first kappa shape index (κ1) is 28.8. The van der Waals surface area contributed by atoms with E-state index in [1.165, 1.54) is 30.3 Å². The molecule has 1 saturated heterocycles. The van der Waals surface area contributed by atoms with E-state index in [0.29, 0.717) is 12.0 Å². The summed E-state index contributed by atoms with van der Waals surface area (Å²) in [5.41, 5.74) is 6.10. The third-order valence-corrected chi connectivity index (χ3v) is 7.12. The molecule has 3 rings (SSSR count). The van der Waals surface area contributed by atoms with Crippen molar-refractivity contribution in [2.24, 2.45) is 11.1 Å². The van der Waals surface area contributed by atoms with Gasteiger partial charge >= 0.3 is 0 Å². The molecule has 0 aromatic heterocycles. The molecular formula is C26H33Cl2F2N3O3. The third kappa shape index (κ3) is 6.18. The summed E-state index contributed by atoms with van der Waals surface area (Å²) in [5, 5.41) is 24.8. The fourth-order valence-corrected chi connectivity index (χ4v) is 5.29. The number of aliphatic hydroxyl groups is 2. The number of nitrogens with two attached hydrogens (primary N) is 1. The van der Waals surface area contributed by atoms with Crippen LogP contribution in [0.15, 0.2) is 36.4 Å². The van der Waals surface area contributed by atoms with E-state index in [9.17, 15) is 14.3 Å². The summed E-state index contributed by atoms with van der Waals surface area (Å²) in [7, 11) is 0. The number of carbonyl (C=O) groups excluding carboxylic acids is 1. The lowest BCUT2D eigenvalue weighted by molar-refractivity contribution is -0.123. The maximum Gasteiger partial charge on any atom is 0.237 e. The number of aliphatic hydroxyl groups excluding tert-OH is 2. The Balaban J connectivity index is 2.15. The summed E-state index contributed by atoms with van der Waals surface area (Å²) in [5.74, 6) is -2.50. The van der Waals surface area contributed by atoms with E-state index < -0.39 is 53.8 Å². The molecule has 1 aliphatic rings. The monoisotopic (exact) mass is 543 g/mol. The van der Waals surface area contributed by atoms with E-state index in [0.717, 1.165) is 0 Å². The second kappa shape index (κ2) is 11.3. The second-order valence-corrected chi connectivity index (χ2v) is 11.4. The molecule has 2 aromatic carbocycles. The van der Waals surface area contributed by atoms with E-state index in [1.54, 1.807) is 6.07 Å². The summed E-state index contributed by atoms with van der Waals surface area (Å²) in [6.07, 6.45) is -0.337. The van der Waals surface area contributed by atoms with Crippen LogP contribution in [0.2, 0.25) is 10.0 Å². The van der Waals surface area contributed by atoms with Crippen LogP contribution in [-0.2, 0) is 10.3 Å². The summed E-state index contributed by atoms with van der Waals surface area (Å²) in [6, 6.07) is 6.86. The molecule has 36 heavy (non-hydrogen) atoms. The van der Waals surface area contributed by atoms with Gasteiger partial charge in [-0.3, -0.25) is 4.79 Å². The summed E-state index contributed by atoms with van der Waals surface area (Å²) in [6.45, 7) is 5.72. The van der Waals surface area contributed by atoms with Crippen molar-refractivity contribution in [3.8, 4) is 0 Å². The number of rotatable bonds is 8. The first-order valence-corrected chi connectivity index (χ1v) is 12.6. The Morgan fingerprint density at radius 3 is 2.47 bits per heavy atom. The lowest BCUT2D eigenvalue weighted by Crippen LogP contribution is -2.52. The van der Waals surface area contributed by atoms with Gasteiger partial charge in [-0.25, -0.2) is 8.78 Å². The number of nitrogens with one attached hydrogen (secondary N) is 2. The fourth-order valence-electron chi connectivity index (χ4n) is 4.94. The summed E-state index contributed by atoms with van der Waals surface area (Å²) in [4.78, 5) is 13.4. The molecule has 1 aliphatic heterocycles. The second-order valence-electron chi connectivity index (χ2n) is 10.6. The Morgan fingerprint density at radius 2 is 1.89 bits per heavy atom. The van der Waals surface area contributed by atoms with Crippen LogP contribution in [0.1, 0.15) is 50.7 Å². The van der Waals surface area contributed by atoms with Crippen molar-refractivity contribution in [2.75, 3.05) is 13.2 Å². The smallest absolute Gasteiger partial charge is 0.237 e. The molecule has 0 bridgehead atoms. The van der Waals surface area contributed by atoms with Crippen molar-refractivity contribution >= 4 is 29.1 Å². The molecule has 1 fully saturated rings. The zero-order valence-corrected chi connectivity index (χ0v) is 22.0. The van der Waals surface area contributed by atoms with Crippen molar-refractivity contribution in [2.45, 2.75) is 63.3 Å². The van der Waals surface area contributed by atoms with E-state index in [2.05, 4.69) is 10.6 Å². The van der Waals surface area contributed by atoms with Gasteiger partial charge in [0.05, 0.1) is 29.3 Å². The van der Waals surface area contributed by atoms with Gasteiger partial charge in [0.15, 0.2) is 0 Å². The number of hydrogen-bond acceptors (Lipinski definition) is 5. The van der Waals surface area contributed by atoms with Gasteiger partial charge in [-0.05, 0) is 48.1 Å². The zero-order chi connectivity index (χ0) is 26.8. The maximum absolute atomic E-state index is 15.4. The largest absolute Gasteiger partial charge is 0.394 e. The Morgan fingerprint density at radius 1 is 1.19 bits per heavy atom. The van der Waals surface area contributed by atoms with Crippen molar-refractivity contribution < 1.29 is 23.8 Å². The molecule has 0 aliphatic carbocycles. The molecule has 2 aromatic rings. The van der Waals surface area contributed by atoms with Crippen LogP contribution in [0.25, 0.3) is 0 Å². The highest BCUT2D eigenvalue weighted by Crippen LogP contribution is 2.49. The summed E-state index contributed by atoms with van der Waals surface area (Å²) >= 11 is 12.1. The maximum atomic E-state index is 15.4. The van der Waals surface area contributed by atoms with E-state index >= 15 is 4.39 Å². The fraction of sp³-hybridized carbons (Fsp3) is 0.500. The van der Waals surface area contributed by atoms with Gasteiger partial charge in [-0.2, -0.15) is 0 Å². The van der Waals surface area contributed by atoms with Gasteiger partial charge < -0.3 is 26.6 Å². The topological polar surface area (TPSA) is 108 Å². The van der Waals surface area contributed by atoms with Crippen LogP contribution in [0.3, 0.4) is 0 Å². The summed E-state index contributed by atoms with van der Waals surface area (Å²) < 4.78 is 29.5. The van der Waals surface area contributed by atoms with Gasteiger partial charge in [-0.15, -0.1) is 0 Å². The Bertz CT molecular complexity index is 1100. The van der Waals surface area contributed by atoms with E-state index in [-0.39, 0.29) is 34.0 Å². The minimum Gasteiger partial charge on any atom is -0.394 e. The SMILES string of the molecule is CC(C)(C)CC1NC(C(=O)NCCC(O)CO)C(c2ccc(F)c(Cl)c2)C1(N)c1ccc(Cl)cc1F. The Labute approximate surface area is 220 Å². The number of hydrogen-bond donors (Lipinski definition) is 5. The molecule has 0 spiro atoms. The van der Waals surface area contributed by atoms with Crippen LogP contribution in [-0.4, -0.2) is 47.5 Å². The van der Waals surface area contributed by atoms with Crippen LogP contribution < -0.4 is 16.4 Å². The van der Waals surface area contributed by atoms with Crippen LogP contribution >= 0.6 is 23.2 Å². The predicted molar refractivity (Wildman–Crippen MR) is 137 cm³/mol. The lowest BCUT2D eigenvalue weighted by atomic mass is 9.68. The molecule has 0 saturated carbocycles. The molecule has 0 radical (unpaired) electrons. The molecule has 198 valence electrons. The van der Waals surface area contributed by atoms with Crippen molar-refractivity contribution in [3.05, 3.63) is 69.2 Å². The molecule has 6 N–H and O–H groups in total. The van der Waals surface area contributed by atoms with Crippen molar-refractivity contribution in [1.29, 1.82) is 0 Å². The van der Waals surface area contributed by atoms with Gasteiger partial charge in [0.1, 0.15) is 11.6 Å². The number of amides is 1. The minimum atomic E-state index is -1.43. The van der Waals surface area contributed by atoms with Crippen molar-refractivity contribution in [3.63, 3.8) is 0 Å². The molecular weight excluding hydrogens is 511 g/mol.